The lowest BCUT2D eigenvalue weighted by atomic mass is 9.98. The van der Waals surface area contributed by atoms with Crippen molar-refractivity contribution in [1.29, 1.82) is 0 Å². The van der Waals surface area contributed by atoms with Crippen LogP contribution in [0.4, 0.5) is 4.79 Å². The van der Waals surface area contributed by atoms with Crippen molar-refractivity contribution in [1.82, 2.24) is 0 Å². The molecule has 38 heavy (non-hydrogen) atoms. The molecule has 0 saturated heterocycles. The van der Waals surface area contributed by atoms with Crippen LogP contribution in [0.1, 0.15) is 93.2 Å². The van der Waals surface area contributed by atoms with Crippen LogP contribution in [0.15, 0.2) is 60.7 Å². The molecule has 0 aliphatic rings. The summed E-state index contributed by atoms with van der Waals surface area (Å²) < 4.78 is 11.0. The Morgan fingerprint density at radius 3 is 1.21 bits per heavy atom. The molecule has 2 unspecified atom stereocenters. The van der Waals surface area contributed by atoms with Gasteiger partial charge in [-0.25, -0.2) is 24.3 Å². The number of benzene rings is 2. The molecule has 0 N–H and O–H groups in total. The molecule has 2 rings (SSSR count). The predicted molar refractivity (Wildman–Crippen MR) is 147 cm³/mol. The first-order chi connectivity index (χ1) is 17.5. The van der Waals surface area contributed by atoms with E-state index in [9.17, 15) is 4.79 Å². The average Bonchev–Trinajstić information content (AvgIpc) is 2.82. The Bertz CT molecular complexity index is 904. The smallest absolute Gasteiger partial charge is 0.431 e. The number of rotatable bonds is 14. The van der Waals surface area contributed by atoms with Gasteiger partial charge >= 0.3 is 6.16 Å². The molecule has 7 nitrogen and oxygen atoms in total. The molecule has 0 spiro atoms. The highest BCUT2D eigenvalue weighted by Crippen LogP contribution is 2.30. The van der Waals surface area contributed by atoms with Gasteiger partial charge in [-0.3, -0.25) is 0 Å². The van der Waals surface area contributed by atoms with Gasteiger partial charge in [0, 0.05) is 12.8 Å². The summed E-state index contributed by atoms with van der Waals surface area (Å²) in [6.07, 6.45) is -0.816. The van der Waals surface area contributed by atoms with Crippen molar-refractivity contribution in [3.8, 4) is 0 Å². The quantitative estimate of drug-likeness (QED) is 0.139. The second-order valence-corrected chi connectivity index (χ2v) is 12.1. The van der Waals surface area contributed by atoms with E-state index in [1.165, 1.54) is 0 Å². The van der Waals surface area contributed by atoms with Crippen molar-refractivity contribution in [2.75, 3.05) is 0 Å². The largest absolute Gasteiger partial charge is 0.508 e. The lowest BCUT2D eigenvalue weighted by Crippen LogP contribution is -2.36. The Hall–Kier alpha value is -2.45. The van der Waals surface area contributed by atoms with Gasteiger partial charge in [-0.1, -0.05) is 60.7 Å². The maximum Gasteiger partial charge on any atom is 0.508 e. The third-order valence-electron chi connectivity index (χ3n) is 6.04. The monoisotopic (exact) mass is 530 g/mol. The van der Waals surface area contributed by atoms with E-state index in [-0.39, 0.29) is 0 Å². The van der Waals surface area contributed by atoms with Crippen molar-refractivity contribution in [2.24, 2.45) is 0 Å². The summed E-state index contributed by atoms with van der Waals surface area (Å²) in [5, 5.41) is 0. The molecule has 7 heteroatoms. The van der Waals surface area contributed by atoms with E-state index in [1.807, 2.05) is 116 Å². The molecule has 0 fully saturated rings. The first-order valence-corrected chi connectivity index (χ1v) is 13.2. The average molecular weight is 531 g/mol. The summed E-state index contributed by atoms with van der Waals surface area (Å²) in [5.41, 5.74) is -0.665. The van der Waals surface area contributed by atoms with Crippen LogP contribution in [0.5, 0.6) is 0 Å². The molecule has 2 aromatic rings. The van der Waals surface area contributed by atoms with Gasteiger partial charge in [0.05, 0.1) is 0 Å². The van der Waals surface area contributed by atoms with E-state index in [0.29, 0.717) is 12.8 Å². The van der Waals surface area contributed by atoms with Crippen LogP contribution in [-0.4, -0.2) is 29.6 Å². The van der Waals surface area contributed by atoms with Crippen LogP contribution in [-0.2, 0) is 40.2 Å². The number of carbonyl (C=O) groups excluding carboxylic acids is 1. The maximum atomic E-state index is 12.5. The minimum Gasteiger partial charge on any atom is -0.431 e. The number of hydrogen-bond acceptors (Lipinski definition) is 7. The maximum absolute atomic E-state index is 12.5. The lowest BCUT2D eigenvalue weighted by Gasteiger charge is -2.33. The predicted octanol–water partition coefficient (Wildman–Crippen LogP) is 8.02. The van der Waals surface area contributed by atoms with E-state index < -0.39 is 40.8 Å². The van der Waals surface area contributed by atoms with Crippen molar-refractivity contribution in [2.45, 2.75) is 117 Å². The molecule has 212 valence electrons. The number of carbonyl (C=O) groups is 1. The van der Waals surface area contributed by atoms with Crippen LogP contribution < -0.4 is 0 Å². The molecule has 0 radical (unpaired) electrons. The highest BCUT2D eigenvalue weighted by molar-refractivity contribution is 5.60. The first kappa shape index (κ1) is 31.8. The van der Waals surface area contributed by atoms with Gasteiger partial charge in [-0.2, -0.15) is 0 Å². The Morgan fingerprint density at radius 1 is 0.579 bits per heavy atom. The number of hydrogen-bond donors (Lipinski definition) is 0. The summed E-state index contributed by atoms with van der Waals surface area (Å²) >= 11 is 0. The van der Waals surface area contributed by atoms with Gasteiger partial charge in [0.15, 0.2) is 0 Å². The topological polar surface area (TPSA) is 72.5 Å². The van der Waals surface area contributed by atoms with E-state index in [4.69, 9.17) is 29.0 Å². The molecular weight excluding hydrogens is 484 g/mol. The third kappa shape index (κ3) is 10.7. The van der Waals surface area contributed by atoms with E-state index in [1.54, 1.807) is 13.8 Å². The molecule has 0 bridgehead atoms. The molecule has 0 aromatic heterocycles. The first-order valence-electron chi connectivity index (χ1n) is 13.2. The zero-order valence-corrected chi connectivity index (χ0v) is 24.7. The summed E-state index contributed by atoms with van der Waals surface area (Å²) in [6.45, 7) is 18.9. The standard InChI is InChI=1S/C31H46O7/c1-23(21-28(3,4)35-37-30(7,8)25-17-13-11-14-18-25)33-27(32)34-24(2)22-29(5,6)36-38-31(9,10)26-19-15-12-16-20-26/h11-20,23-24H,21-22H2,1-10H3. The van der Waals surface area contributed by atoms with Crippen molar-refractivity contribution in [3.05, 3.63) is 71.8 Å². The van der Waals surface area contributed by atoms with Gasteiger partial charge in [-0.05, 0) is 80.4 Å². The van der Waals surface area contributed by atoms with Gasteiger partial charge in [0.1, 0.15) is 34.6 Å². The van der Waals surface area contributed by atoms with Crippen molar-refractivity contribution < 1.29 is 33.8 Å². The Balaban J connectivity index is 1.78. The normalized spacial score (nSPS) is 14.6. The van der Waals surface area contributed by atoms with E-state index >= 15 is 0 Å². The van der Waals surface area contributed by atoms with Gasteiger partial charge in [0.2, 0.25) is 0 Å². The van der Waals surface area contributed by atoms with Crippen molar-refractivity contribution in [3.63, 3.8) is 0 Å². The van der Waals surface area contributed by atoms with Gasteiger partial charge < -0.3 is 9.47 Å². The molecule has 0 aliphatic carbocycles. The summed E-state index contributed by atoms with van der Waals surface area (Å²) in [6, 6.07) is 19.7. The molecular formula is C31H46O7. The summed E-state index contributed by atoms with van der Waals surface area (Å²) in [4.78, 5) is 35.6. The third-order valence-corrected chi connectivity index (χ3v) is 6.04. The minimum absolute atomic E-state index is 0.415. The van der Waals surface area contributed by atoms with Crippen LogP contribution in [0.2, 0.25) is 0 Å². The van der Waals surface area contributed by atoms with Crippen LogP contribution in [0, 0.1) is 0 Å². The second kappa shape index (κ2) is 13.1. The zero-order chi connectivity index (χ0) is 28.6. The fraction of sp³-hybridized carbons (Fsp3) is 0.581. The Labute approximate surface area is 228 Å². The molecule has 0 aliphatic heterocycles. The summed E-state index contributed by atoms with van der Waals surface area (Å²) in [7, 11) is 0. The zero-order valence-electron chi connectivity index (χ0n) is 24.7. The van der Waals surface area contributed by atoms with Crippen LogP contribution >= 0.6 is 0 Å². The second-order valence-electron chi connectivity index (χ2n) is 12.1. The highest BCUT2D eigenvalue weighted by Gasteiger charge is 2.33. The Morgan fingerprint density at radius 2 is 0.895 bits per heavy atom. The van der Waals surface area contributed by atoms with Crippen LogP contribution in [0.25, 0.3) is 0 Å². The lowest BCUT2D eigenvalue weighted by molar-refractivity contribution is -0.408. The highest BCUT2D eigenvalue weighted by atomic mass is 17.2. The fourth-order valence-corrected chi connectivity index (χ4v) is 4.10. The van der Waals surface area contributed by atoms with Gasteiger partial charge in [0.25, 0.3) is 0 Å². The summed E-state index contributed by atoms with van der Waals surface area (Å²) in [5.74, 6) is 0. The molecule has 0 amide bonds. The Kier molecular flexibility index (Phi) is 10.9. The molecule has 2 atom stereocenters. The van der Waals surface area contributed by atoms with E-state index in [0.717, 1.165) is 11.1 Å². The molecule has 0 heterocycles. The van der Waals surface area contributed by atoms with Crippen molar-refractivity contribution >= 4 is 6.16 Å². The molecule has 0 saturated carbocycles. The fourth-order valence-electron chi connectivity index (χ4n) is 4.10. The molecule has 2 aromatic carbocycles. The van der Waals surface area contributed by atoms with E-state index in [2.05, 4.69) is 0 Å². The SMILES string of the molecule is CC(CC(C)(C)OOC(C)(C)c1ccccc1)OC(=O)OC(C)CC(C)(C)OOC(C)(C)c1ccccc1. The minimum atomic E-state index is -0.743. The van der Waals surface area contributed by atoms with Crippen LogP contribution in [0.3, 0.4) is 0 Å². The van der Waals surface area contributed by atoms with Gasteiger partial charge in [-0.15, -0.1) is 0 Å². The number of ether oxygens (including phenoxy) is 2.